The molecule has 0 unspecified atom stereocenters. The fraction of sp³-hybridized carbons (Fsp3) is 0.200. The molecule has 1 aliphatic rings. The van der Waals surface area contributed by atoms with Gasteiger partial charge < -0.3 is 9.80 Å². The van der Waals surface area contributed by atoms with E-state index in [1.54, 1.807) is 6.20 Å². The molecule has 0 N–H and O–H groups in total. The third kappa shape index (κ3) is 3.30. The lowest BCUT2D eigenvalue weighted by Crippen LogP contribution is -2.48. The van der Waals surface area contributed by atoms with Crippen LogP contribution in [0.15, 0.2) is 60.8 Å². The summed E-state index contributed by atoms with van der Waals surface area (Å²) in [5.74, 6) is 0.0801. The number of benzene rings is 2. The fourth-order valence-corrected chi connectivity index (χ4v) is 3.42. The molecule has 0 spiro atoms. The van der Waals surface area contributed by atoms with Crippen molar-refractivity contribution in [3.8, 4) is 0 Å². The Kier molecular flexibility index (Phi) is 4.28. The lowest BCUT2D eigenvalue weighted by Gasteiger charge is -2.36. The molecule has 3 aromatic rings. The summed E-state index contributed by atoms with van der Waals surface area (Å²) in [7, 11) is 0. The monoisotopic (exact) mass is 351 g/mol. The van der Waals surface area contributed by atoms with Crippen molar-refractivity contribution in [3.05, 3.63) is 71.4 Å². The molecule has 0 saturated carbocycles. The van der Waals surface area contributed by atoms with E-state index in [-0.39, 0.29) is 5.91 Å². The zero-order chi connectivity index (χ0) is 17.2. The highest BCUT2D eigenvalue weighted by molar-refractivity contribution is 6.30. The number of nitrogens with zero attached hydrogens (tertiary/aromatic N) is 3. The van der Waals surface area contributed by atoms with Crippen LogP contribution in [0.4, 0.5) is 5.69 Å². The third-order valence-corrected chi connectivity index (χ3v) is 4.83. The molecular formula is C20H18ClN3O. The Morgan fingerprint density at radius 3 is 2.60 bits per heavy atom. The third-order valence-electron chi connectivity index (χ3n) is 4.59. The minimum absolute atomic E-state index is 0.0801. The minimum atomic E-state index is 0.0801. The van der Waals surface area contributed by atoms with Crippen LogP contribution in [-0.2, 0) is 0 Å². The van der Waals surface area contributed by atoms with Crippen LogP contribution in [0.1, 0.15) is 10.4 Å². The molecule has 4 nitrogen and oxygen atoms in total. The van der Waals surface area contributed by atoms with Gasteiger partial charge in [-0.25, -0.2) is 0 Å². The molecule has 5 heteroatoms. The van der Waals surface area contributed by atoms with E-state index in [2.05, 4.69) is 16.0 Å². The summed E-state index contributed by atoms with van der Waals surface area (Å²) in [6, 6.07) is 17.4. The van der Waals surface area contributed by atoms with E-state index < -0.39 is 0 Å². The number of carbonyl (C=O) groups excluding carboxylic acids is 1. The van der Waals surface area contributed by atoms with Gasteiger partial charge in [0, 0.05) is 54.0 Å². The Hall–Kier alpha value is -2.59. The van der Waals surface area contributed by atoms with Crippen molar-refractivity contribution in [3.63, 3.8) is 0 Å². The lowest BCUT2D eigenvalue weighted by molar-refractivity contribution is 0.0747. The molecule has 1 aromatic heterocycles. The quantitative estimate of drug-likeness (QED) is 0.703. The van der Waals surface area contributed by atoms with Crippen molar-refractivity contribution in [2.75, 3.05) is 31.1 Å². The van der Waals surface area contributed by atoms with Crippen LogP contribution >= 0.6 is 11.6 Å². The topological polar surface area (TPSA) is 36.4 Å². The van der Waals surface area contributed by atoms with Crippen molar-refractivity contribution in [2.45, 2.75) is 0 Å². The van der Waals surface area contributed by atoms with E-state index in [1.807, 2.05) is 53.4 Å². The van der Waals surface area contributed by atoms with Gasteiger partial charge in [-0.1, -0.05) is 23.7 Å². The van der Waals surface area contributed by atoms with Gasteiger partial charge in [0.1, 0.15) is 0 Å². The molecule has 0 radical (unpaired) electrons. The molecule has 4 rings (SSSR count). The Morgan fingerprint density at radius 1 is 0.960 bits per heavy atom. The van der Waals surface area contributed by atoms with Crippen LogP contribution < -0.4 is 4.90 Å². The average Bonchev–Trinajstić information content (AvgIpc) is 2.67. The number of hydrogen-bond donors (Lipinski definition) is 0. The van der Waals surface area contributed by atoms with Crippen LogP contribution in [0.2, 0.25) is 5.02 Å². The van der Waals surface area contributed by atoms with Gasteiger partial charge in [0.25, 0.3) is 5.91 Å². The average molecular weight is 352 g/mol. The fourth-order valence-electron chi connectivity index (χ4n) is 3.23. The van der Waals surface area contributed by atoms with Gasteiger partial charge in [0.05, 0.1) is 5.52 Å². The van der Waals surface area contributed by atoms with Crippen LogP contribution in [0.3, 0.4) is 0 Å². The van der Waals surface area contributed by atoms with Crippen LogP contribution in [0.25, 0.3) is 10.9 Å². The number of amides is 1. The molecule has 2 heterocycles. The molecule has 0 aliphatic carbocycles. The maximum atomic E-state index is 12.8. The van der Waals surface area contributed by atoms with E-state index in [4.69, 9.17) is 11.6 Å². The second-order valence-electron chi connectivity index (χ2n) is 6.17. The Balaban J connectivity index is 1.47. The summed E-state index contributed by atoms with van der Waals surface area (Å²) < 4.78 is 0. The van der Waals surface area contributed by atoms with E-state index in [0.717, 1.165) is 40.3 Å². The maximum absolute atomic E-state index is 12.8. The summed E-state index contributed by atoms with van der Waals surface area (Å²) in [5.41, 5.74) is 2.73. The highest BCUT2D eigenvalue weighted by Crippen LogP contribution is 2.22. The lowest BCUT2D eigenvalue weighted by atomic mass is 10.1. The predicted octanol–water partition coefficient (Wildman–Crippen LogP) is 3.85. The molecule has 2 aromatic carbocycles. The number of hydrogen-bond acceptors (Lipinski definition) is 3. The molecule has 0 atom stereocenters. The van der Waals surface area contributed by atoms with E-state index in [0.29, 0.717) is 13.1 Å². The Bertz CT molecular complexity index is 919. The zero-order valence-electron chi connectivity index (χ0n) is 13.7. The molecule has 1 fully saturated rings. The van der Waals surface area contributed by atoms with Gasteiger partial charge in [0.15, 0.2) is 0 Å². The SMILES string of the molecule is O=C(c1ccc2ncccc2c1)N1CCN(c2cccc(Cl)c2)CC1. The number of pyridine rings is 1. The number of anilines is 1. The predicted molar refractivity (Wildman–Crippen MR) is 101 cm³/mol. The molecule has 1 saturated heterocycles. The summed E-state index contributed by atoms with van der Waals surface area (Å²) in [4.78, 5) is 21.3. The molecule has 1 amide bonds. The van der Waals surface area contributed by atoms with Gasteiger partial charge in [-0.05, 0) is 42.5 Å². The Labute approximate surface area is 151 Å². The number of halogens is 1. The number of aromatic nitrogens is 1. The largest absolute Gasteiger partial charge is 0.368 e. The molecule has 25 heavy (non-hydrogen) atoms. The van der Waals surface area contributed by atoms with Crippen LogP contribution in [-0.4, -0.2) is 42.0 Å². The Morgan fingerprint density at radius 2 is 1.80 bits per heavy atom. The summed E-state index contributed by atoms with van der Waals surface area (Å²) in [6.45, 7) is 3.02. The van der Waals surface area contributed by atoms with Gasteiger partial charge in [-0.15, -0.1) is 0 Å². The number of piperazine rings is 1. The van der Waals surface area contributed by atoms with Crippen LogP contribution in [0.5, 0.6) is 0 Å². The first kappa shape index (κ1) is 15.9. The number of carbonyl (C=O) groups is 1. The standard InChI is InChI=1S/C20H18ClN3O/c21-17-4-1-5-18(14-17)23-9-11-24(12-10-23)20(25)16-6-7-19-15(13-16)3-2-8-22-19/h1-8,13-14H,9-12H2. The van der Waals surface area contributed by atoms with Gasteiger partial charge >= 0.3 is 0 Å². The molecular weight excluding hydrogens is 334 g/mol. The van der Waals surface area contributed by atoms with Crippen molar-refractivity contribution in [1.82, 2.24) is 9.88 Å². The normalized spacial score (nSPS) is 14.8. The van der Waals surface area contributed by atoms with E-state index >= 15 is 0 Å². The number of fused-ring (bicyclic) bond motifs is 1. The van der Waals surface area contributed by atoms with Crippen molar-refractivity contribution in [2.24, 2.45) is 0 Å². The molecule has 0 bridgehead atoms. The molecule has 126 valence electrons. The van der Waals surface area contributed by atoms with Crippen molar-refractivity contribution in [1.29, 1.82) is 0 Å². The van der Waals surface area contributed by atoms with Crippen molar-refractivity contribution >= 4 is 34.1 Å². The second-order valence-corrected chi connectivity index (χ2v) is 6.61. The molecule has 1 aliphatic heterocycles. The van der Waals surface area contributed by atoms with Gasteiger partial charge in [0.2, 0.25) is 0 Å². The summed E-state index contributed by atoms with van der Waals surface area (Å²) >= 11 is 6.07. The summed E-state index contributed by atoms with van der Waals surface area (Å²) in [5, 5.41) is 1.73. The smallest absolute Gasteiger partial charge is 0.253 e. The van der Waals surface area contributed by atoms with Gasteiger partial charge in [-0.2, -0.15) is 0 Å². The van der Waals surface area contributed by atoms with E-state index in [1.165, 1.54) is 0 Å². The minimum Gasteiger partial charge on any atom is -0.368 e. The first-order chi connectivity index (χ1) is 12.2. The first-order valence-electron chi connectivity index (χ1n) is 8.35. The zero-order valence-corrected chi connectivity index (χ0v) is 14.5. The second kappa shape index (κ2) is 6.73. The highest BCUT2D eigenvalue weighted by Gasteiger charge is 2.22. The van der Waals surface area contributed by atoms with Crippen molar-refractivity contribution < 1.29 is 4.79 Å². The maximum Gasteiger partial charge on any atom is 0.253 e. The van der Waals surface area contributed by atoms with E-state index in [9.17, 15) is 4.79 Å². The van der Waals surface area contributed by atoms with Crippen LogP contribution in [0, 0.1) is 0 Å². The summed E-state index contributed by atoms with van der Waals surface area (Å²) in [6.07, 6.45) is 1.76. The number of rotatable bonds is 2. The van der Waals surface area contributed by atoms with Gasteiger partial charge in [-0.3, -0.25) is 9.78 Å². The highest BCUT2D eigenvalue weighted by atomic mass is 35.5. The first-order valence-corrected chi connectivity index (χ1v) is 8.73.